The van der Waals surface area contributed by atoms with Gasteiger partial charge in [0, 0.05) is 6.42 Å². The van der Waals surface area contributed by atoms with Crippen molar-refractivity contribution >= 4 is 5.97 Å². The van der Waals surface area contributed by atoms with Crippen LogP contribution in [0.3, 0.4) is 0 Å². The van der Waals surface area contributed by atoms with Crippen molar-refractivity contribution in [3.63, 3.8) is 0 Å². The average molecular weight is 198 g/mol. The molecule has 0 amide bonds. The third-order valence-electron chi connectivity index (χ3n) is 3.63. The highest BCUT2D eigenvalue weighted by molar-refractivity contribution is 5.70. The zero-order valence-corrected chi connectivity index (χ0v) is 9.75. The lowest BCUT2D eigenvalue weighted by Crippen LogP contribution is -2.36. The molecule has 1 saturated heterocycles. The summed E-state index contributed by atoms with van der Waals surface area (Å²) in [7, 11) is 0. The van der Waals surface area contributed by atoms with Crippen LogP contribution in [-0.2, 0) is 9.53 Å². The lowest BCUT2D eigenvalue weighted by Gasteiger charge is -2.34. The van der Waals surface area contributed by atoms with E-state index in [4.69, 9.17) is 4.74 Å². The van der Waals surface area contributed by atoms with Gasteiger partial charge in [0.1, 0.15) is 6.10 Å². The molecule has 4 atom stereocenters. The number of cyclic esters (lactones) is 1. The third kappa shape index (κ3) is 2.73. The Hall–Kier alpha value is -0.530. The Morgan fingerprint density at radius 3 is 2.71 bits per heavy atom. The Morgan fingerprint density at radius 1 is 1.50 bits per heavy atom. The van der Waals surface area contributed by atoms with Crippen LogP contribution < -0.4 is 0 Å². The van der Waals surface area contributed by atoms with E-state index < -0.39 is 0 Å². The van der Waals surface area contributed by atoms with Gasteiger partial charge in [-0.15, -0.1) is 0 Å². The first-order valence-corrected chi connectivity index (χ1v) is 5.74. The van der Waals surface area contributed by atoms with Gasteiger partial charge in [-0.2, -0.15) is 0 Å². The van der Waals surface area contributed by atoms with E-state index in [-0.39, 0.29) is 12.1 Å². The molecule has 1 aliphatic rings. The van der Waals surface area contributed by atoms with E-state index in [2.05, 4.69) is 20.8 Å². The van der Waals surface area contributed by atoms with Gasteiger partial charge in [0.25, 0.3) is 0 Å². The van der Waals surface area contributed by atoms with Crippen LogP contribution >= 0.6 is 0 Å². The van der Waals surface area contributed by atoms with Crippen molar-refractivity contribution in [3.05, 3.63) is 0 Å². The van der Waals surface area contributed by atoms with Crippen molar-refractivity contribution in [3.8, 4) is 0 Å². The maximum atomic E-state index is 11.3. The van der Waals surface area contributed by atoms with E-state index in [1.165, 1.54) is 6.42 Å². The lowest BCUT2D eigenvalue weighted by atomic mass is 9.79. The molecule has 4 unspecified atom stereocenters. The van der Waals surface area contributed by atoms with E-state index in [1.54, 1.807) is 0 Å². The summed E-state index contributed by atoms with van der Waals surface area (Å²) in [5.74, 6) is 1.76. The summed E-state index contributed by atoms with van der Waals surface area (Å²) in [4.78, 5) is 11.3. The molecule has 14 heavy (non-hydrogen) atoms. The summed E-state index contributed by atoms with van der Waals surface area (Å²) >= 11 is 0. The summed E-state index contributed by atoms with van der Waals surface area (Å²) in [6.45, 7) is 8.67. The Labute approximate surface area is 87.0 Å². The summed E-state index contributed by atoms with van der Waals surface area (Å²) in [5, 5.41) is 0. The molecule has 1 aliphatic heterocycles. The van der Waals surface area contributed by atoms with E-state index in [0.717, 1.165) is 12.3 Å². The zero-order chi connectivity index (χ0) is 10.7. The smallest absolute Gasteiger partial charge is 0.306 e. The van der Waals surface area contributed by atoms with E-state index in [9.17, 15) is 4.79 Å². The predicted molar refractivity (Wildman–Crippen MR) is 56.9 cm³/mol. The first-order chi connectivity index (χ1) is 6.54. The first-order valence-electron chi connectivity index (χ1n) is 5.74. The zero-order valence-electron chi connectivity index (χ0n) is 9.75. The quantitative estimate of drug-likeness (QED) is 0.652. The third-order valence-corrected chi connectivity index (χ3v) is 3.63. The largest absolute Gasteiger partial charge is 0.462 e. The second-order valence-corrected chi connectivity index (χ2v) is 4.77. The number of hydrogen-bond donors (Lipinski definition) is 0. The highest BCUT2D eigenvalue weighted by atomic mass is 16.5. The molecule has 0 saturated carbocycles. The molecule has 2 heteroatoms. The number of esters is 1. The second kappa shape index (κ2) is 4.81. The highest BCUT2D eigenvalue weighted by Crippen LogP contribution is 2.32. The number of ether oxygens (including phenoxy) is 1. The minimum absolute atomic E-state index is 0.0103. The van der Waals surface area contributed by atoms with Crippen molar-refractivity contribution < 1.29 is 9.53 Å². The van der Waals surface area contributed by atoms with Crippen LogP contribution in [0.15, 0.2) is 0 Å². The van der Waals surface area contributed by atoms with Crippen LogP contribution in [0, 0.1) is 17.8 Å². The fourth-order valence-electron chi connectivity index (χ4n) is 2.13. The molecule has 1 fully saturated rings. The molecule has 1 heterocycles. The van der Waals surface area contributed by atoms with Crippen molar-refractivity contribution in [1.29, 1.82) is 0 Å². The van der Waals surface area contributed by atoms with Crippen LogP contribution in [0.25, 0.3) is 0 Å². The normalized spacial score (nSPS) is 35.1. The lowest BCUT2D eigenvalue weighted by molar-refractivity contribution is -0.161. The van der Waals surface area contributed by atoms with Gasteiger partial charge in [0.15, 0.2) is 0 Å². The van der Waals surface area contributed by atoms with Gasteiger partial charge >= 0.3 is 5.97 Å². The fourth-order valence-corrected chi connectivity index (χ4v) is 2.13. The molecule has 0 aromatic carbocycles. The van der Waals surface area contributed by atoms with Gasteiger partial charge in [-0.25, -0.2) is 0 Å². The van der Waals surface area contributed by atoms with Crippen LogP contribution in [0.4, 0.5) is 0 Å². The Kier molecular flexibility index (Phi) is 3.97. The van der Waals surface area contributed by atoms with E-state index in [1.807, 2.05) is 6.92 Å². The Balaban J connectivity index is 2.53. The standard InChI is InChI=1S/C12H22O2/c1-5-8(2)6-11-7-12(13)14-10(4)9(11)3/h8-11H,5-7H2,1-4H3. The Bertz CT molecular complexity index is 200. The van der Waals surface area contributed by atoms with Gasteiger partial charge in [0.2, 0.25) is 0 Å². The topological polar surface area (TPSA) is 26.3 Å². The van der Waals surface area contributed by atoms with E-state index in [0.29, 0.717) is 18.3 Å². The molecule has 0 spiro atoms. The van der Waals surface area contributed by atoms with Gasteiger partial charge < -0.3 is 4.74 Å². The molecule has 0 bridgehead atoms. The fraction of sp³-hybridized carbons (Fsp3) is 0.917. The number of carbonyl (C=O) groups is 1. The van der Waals surface area contributed by atoms with Gasteiger partial charge in [-0.05, 0) is 31.1 Å². The SMILES string of the molecule is CCC(C)CC1CC(=O)OC(C)C1C. The summed E-state index contributed by atoms with van der Waals surface area (Å²) in [5.41, 5.74) is 0. The first kappa shape index (κ1) is 11.5. The molecule has 0 radical (unpaired) electrons. The minimum Gasteiger partial charge on any atom is -0.462 e. The minimum atomic E-state index is -0.0103. The van der Waals surface area contributed by atoms with Gasteiger partial charge in [-0.3, -0.25) is 4.79 Å². The molecule has 0 aliphatic carbocycles. The molecule has 82 valence electrons. The van der Waals surface area contributed by atoms with E-state index >= 15 is 0 Å². The molecule has 0 aromatic rings. The maximum absolute atomic E-state index is 11.3. The number of carbonyl (C=O) groups excluding carboxylic acids is 1. The summed E-state index contributed by atoms with van der Waals surface area (Å²) < 4.78 is 5.20. The maximum Gasteiger partial charge on any atom is 0.306 e. The number of hydrogen-bond acceptors (Lipinski definition) is 2. The van der Waals surface area contributed by atoms with Crippen LogP contribution in [-0.4, -0.2) is 12.1 Å². The summed E-state index contributed by atoms with van der Waals surface area (Å²) in [6, 6.07) is 0. The monoisotopic (exact) mass is 198 g/mol. The molecule has 0 aromatic heterocycles. The highest BCUT2D eigenvalue weighted by Gasteiger charge is 2.33. The van der Waals surface area contributed by atoms with Crippen molar-refractivity contribution in [2.75, 3.05) is 0 Å². The molecular weight excluding hydrogens is 176 g/mol. The van der Waals surface area contributed by atoms with Crippen molar-refractivity contribution in [2.24, 2.45) is 17.8 Å². The molecule has 1 rings (SSSR count). The molecule has 2 nitrogen and oxygen atoms in total. The number of rotatable bonds is 3. The van der Waals surface area contributed by atoms with Crippen LogP contribution in [0.2, 0.25) is 0 Å². The van der Waals surface area contributed by atoms with Crippen molar-refractivity contribution in [1.82, 2.24) is 0 Å². The van der Waals surface area contributed by atoms with Crippen LogP contribution in [0.1, 0.15) is 47.0 Å². The molecule has 0 N–H and O–H groups in total. The second-order valence-electron chi connectivity index (χ2n) is 4.77. The van der Waals surface area contributed by atoms with Gasteiger partial charge in [0.05, 0.1) is 0 Å². The van der Waals surface area contributed by atoms with Crippen LogP contribution in [0.5, 0.6) is 0 Å². The Morgan fingerprint density at radius 2 is 2.14 bits per heavy atom. The van der Waals surface area contributed by atoms with Gasteiger partial charge in [-0.1, -0.05) is 27.2 Å². The summed E-state index contributed by atoms with van der Waals surface area (Å²) in [6.07, 6.45) is 3.09. The van der Waals surface area contributed by atoms with Crippen molar-refractivity contribution in [2.45, 2.75) is 53.1 Å². The predicted octanol–water partition coefficient (Wildman–Crippen LogP) is 3.01. The average Bonchev–Trinajstić information content (AvgIpc) is 2.13. The molecular formula is C12H22O2.